The van der Waals surface area contributed by atoms with Crippen LogP contribution in [0, 0.1) is 6.92 Å². The summed E-state index contributed by atoms with van der Waals surface area (Å²) in [6, 6.07) is 10.6. The molecular weight excluding hydrogens is 326 g/mol. The summed E-state index contributed by atoms with van der Waals surface area (Å²) in [5.41, 5.74) is 4.22. The van der Waals surface area contributed by atoms with E-state index in [9.17, 15) is 8.42 Å². The highest BCUT2D eigenvalue weighted by Crippen LogP contribution is 2.33. The minimum Gasteiger partial charge on any atom is -0.481 e. The summed E-state index contributed by atoms with van der Waals surface area (Å²) in [7, 11) is 1.11. The highest BCUT2D eigenvalue weighted by atomic mass is 32.2. The largest absolute Gasteiger partial charge is 0.481 e. The third kappa shape index (κ3) is 2.65. The summed E-state index contributed by atoms with van der Waals surface area (Å²) in [6.07, 6.45) is 0. The molecule has 6 nitrogen and oxygen atoms in total. The molecule has 3 aromatic rings. The highest BCUT2D eigenvalue weighted by molar-refractivity contribution is 7.89. The highest BCUT2D eigenvalue weighted by Gasteiger charge is 2.19. The van der Waals surface area contributed by atoms with Gasteiger partial charge in [-0.2, -0.15) is 0 Å². The van der Waals surface area contributed by atoms with Crippen LogP contribution < -0.4 is 4.74 Å². The van der Waals surface area contributed by atoms with Crippen LogP contribution in [-0.4, -0.2) is 43.9 Å². The van der Waals surface area contributed by atoms with Crippen LogP contribution in [0.5, 0.6) is 5.88 Å². The molecule has 24 heavy (non-hydrogen) atoms. The van der Waals surface area contributed by atoms with Crippen molar-refractivity contribution in [3.05, 3.63) is 42.1 Å². The lowest BCUT2D eigenvalue weighted by Gasteiger charge is -2.12. The van der Waals surface area contributed by atoms with Gasteiger partial charge in [-0.15, -0.1) is 0 Å². The zero-order valence-corrected chi connectivity index (χ0v) is 14.8. The number of nitrogens with zero attached hydrogens (tertiary/aromatic N) is 2. The topological polar surface area (TPSA) is 75.3 Å². The first-order chi connectivity index (χ1) is 11.3. The summed E-state index contributed by atoms with van der Waals surface area (Å²) in [5, 5.41) is 0. The maximum atomic E-state index is 12.4. The van der Waals surface area contributed by atoms with Crippen LogP contribution in [0.15, 0.2) is 41.3 Å². The SMILES string of the molecule is COc1ccc2[nH]c(C)c(-c3cccc(S(=O)(=O)N(C)C)c3)c2n1. The smallest absolute Gasteiger partial charge is 0.242 e. The summed E-state index contributed by atoms with van der Waals surface area (Å²) >= 11 is 0. The number of fused-ring (bicyclic) bond motifs is 1. The number of aromatic nitrogens is 2. The first-order valence-corrected chi connectivity index (χ1v) is 8.85. The van der Waals surface area contributed by atoms with E-state index in [0.29, 0.717) is 5.88 Å². The number of hydrogen-bond acceptors (Lipinski definition) is 4. The molecule has 0 aliphatic carbocycles. The van der Waals surface area contributed by atoms with E-state index < -0.39 is 10.0 Å². The second-order valence-corrected chi connectivity index (χ2v) is 7.84. The van der Waals surface area contributed by atoms with E-state index in [0.717, 1.165) is 27.9 Å². The summed E-state index contributed by atoms with van der Waals surface area (Å²) < 4.78 is 31.2. The van der Waals surface area contributed by atoms with Gasteiger partial charge >= 0.3 is 0 Å². The Hall–Kier alpha value is -2.38. The van der Waals surface area contributed by atoms with Crippen molar-refractivity contribution in [1.82, 2.24) is 14.3 Å². The minimum atomic E-state index is -3.49. The first kappa shape index (κ1) is 16.5. The predicted molar refractivity (Wildman–Crippen MR) is 93.7 cm³/mol. The van der Waals surface area contributed by atoms with E-state index in [1.807, 2.05) is 19.1 Å². The van der Waals surface area contributed by atoms with Crippen LogP contribution in [-0.2, 0) is 10.0 Å². The normalized spacial score (nSPS) is 12.0. The Labute approximate surface area is 141 Å². The summed E-state index contributed by atoms with van der Waals surface area (Å²) in [5.74, 6) is 0.514. The van der Waals surface area contributed by atoms with Crippen LogP contribution in [0.3, 0.4) is 0 Å². The Morgan fingerprint density at radius 2 is 1.92 bits per heavy atom. The molecule has 0 bridgehead atoms. The molecule has 2 heterocycles. The van der Waals surface area contributed by atoms with Crippen molar-refractivity contribution in [3.63, 3.8) is 0 Å². The molecule has 0 amide bonds. The molecule has 0 saturated carbocycles. The fraction of sp³-hybridized carbons (Fsp3) is 0.235. The van der Waals surface area contributed by atoms with Crippen LogP contribution in [0.2, 0.25) is 0 Å². The van der Waals surface area contributed by atoms with Crippen molar-refractivity contribution in [2.45, 2.75) is 11.8 Å². The Morgan fingerprint density at radius 3 is 2.58 bits per heavy atom. The molecule has 126 valence electrons. The molecule has 0 fully saturated rings. The quantitative estimate of drug-likeness (QED) is 0.789. The molecule has 7 heteroatoms. The van der Waals surface area contributed by atoms with Crippen LogP contribution in [0.1, 0.15) is 5.69 Å². The summed E-state index contributed by atoms with van der Waals surface area (Å²) in [4.78, 5) is 8.04. The van der Waals surface area contributed by atoms with Crippen LogP contribution in [0.25, 0.3) is 22.2 Å². The number of benzene rings is 1. The lowest BCUT2D eigenvalue weighted by Crippen LogP contribution is -2.22. The van der Waals surface area contributed by atoms with E-state index >= 15 is 0 Å². The number of hydrogen-bond donors (Lipinski definition) is 1. The molecule has 0 atom stereocenters. The van der Waals surface area contributed by atoms with Crippen LogP contribution >= 0.6 is 0 Å². The predicted octanol–water partition coefficient (Wildman–Crippen LogP) is 2.80. The zero-order chi connectivity index (χ0) is 17.5. The number of H-pyrrole nitrogens is 1. The number of pyridine rings is 1. The zero-order valence-electron chi connectivity index (χ0n) is 14.0. The third-order valence-corrected chi connectivity index (χ3v) is 5.73. The van der Waals surface area contributed by atoms with Gasteiger partial charge in [0.05, 0.1) is 17.5 Å². The number of aromatic amines is 1. The van der Waals surface area contributed by atoms with Gasteiger partial charge in [0.25, 0.3) is 0 Å². The first-order valence-electron chi connectivity index (χ1n) is 7.41. The van der Waals surface area contributed by atoms with Gasteiger partial charge in [0, 0.05) is 31.4 Å². The lowest BCUT2D eigenvalue weighted by molar-refractivity contribution is 0.399. The fourth-order valence-corrected chi connectivity index (χ4v) is 3.61. The Morgan fingerprint density at radius 1 is 1.17 bits per heavy atom. The number of sulfonamides is 1. The Bertz CT molecular complexity index is 1010. The molecule has 0 aliphatic heterocycles. The Balaban J connectivity index is 2.23. The minimum absolute atomic E-state index is 0.252. The van der Waals surface area contributed by atoms with Crippen molar-refractivity contribution in [1.29, 1.82) is 0 Å². The van der Waals surface area contributed by atoms with Crippen molar-refractivity contribution in [2.75, 3.05) is 21.2 Å². The average molecular weight is 345 g/mol. The third-order valence-electron chi connectivity index (χ3n) is 3.91. The maximum Gasteiger partial charge on any atom is 0.242 e. The molecule has 1 aromatic carbocycles. The number of rotatable bonds is 4. The van der Waals surface area contributed by atoms with Gasteiger partial charge in [-0.1, -0.05) is 12.1 Å². The monoisotopic (exact) mass is 345 g/mol. The lowest BCUT2D eigenvalue weighted by atomic mass is 10.1. The van der Waals surface area contributed by atoms with E-state index in [1.54, 1.807) is 31.4 Å². The number of methoxy groups -OCH3 is 1. The van der Waals surface area contributed by atoms with E-state index in [-0.39, 0.29) is 4.90 Å². The van der Waals surface area contributed by atoms with Gasteiger partial charge in [-0.25, -0.2) is 17.7 Å². The van der Waals surface area contributed by atoms with Gasteiger partial charge < -0.3 is 9.72 Å². The maximum absolute atomic E-state index is 12.4. The van der Waals surface area contributed by atoms with Crippen molar-refractivity contribution >= 4 is 21.1 Å². The molecule has 0 radical (unpaired) electrons. The molecule has 0 spiro atoms. The van der Waals surface area contributed by atoms with Gasteiger partial charge in [0.15, 0.2) is 0 Å². The van der Waals surface area contributed by atoms with E-state index in [4.69, 9.17) is 4.74 Å². The second-order valence-electron chi connectivity index (χ2n) is 5.69. The van der Waals surface area contributed by atoms with E-state index in [1.165, 1.54) is 18.4 Å². The number of ether oxygens (including phenoxy) is 1. The molecule has 0 aliphatic rings. The fourth-order valence-electron chi connectivity index (χ4n) is 2.66. The van der Waals surface area contributed by atoms with Crippen molar-refractivity contribution < 1.29 is 13.2 Å². The van der Waals surface area contributed by atoms with Crippen LogP contribution in [0.4, 0.5) is 0 Å². The molecule has 3 rings (SSSR count). The number of aryl methyl sites for hydroxylation is 1. The number of nitrogens with one attached hydrogen (secondary N) is 1. The Kier molecular flexibility index (Phi) is 4.06. The van der Waals surface area contributed by atoms with Gasteiger partial charge in [0.2, 0.25) is 15.9 Å². The molecule has 0 saturated heterocycles. The van der Waals surface area contributed by atoms with Gasteiger partial charge in [-0.05, 0) is 30.7 Å². The van der Waals surface area contributed by atoms with E-state index in [2.05, 4.69) is 9.97 Å². The van der Waals surface area contributed by atoms with Crippen molar-refractivity contribution in [3.8, 4) is 17.0 Å². The average Bonchev–Trinajstić information content (AvgIpc) is 2.89. The van der Waals surface area contributed by atoms with Crippen molar-refractivity contribution in [2.24, 2.45) is 0 Å². The van der Waals surface area contributed by atoms with Gasteiger partial charge in [0.1, 0.15) is 5.52 Å². The molecule has 2 aromatic heterocycles. The standard InChI is InChI=1S/C17H19N3O3S/c1-11-16(17-14(18-11)8-9-15(19-17)23-4)12-6-5-7-13(10-12)24(21,22)20(2)3/h5-10,18H,1-4H3. The van der Waals surface area contributed by atoms with Gasteiger partial charge in [-0.3, -0.25) is 0 Å². The summed E-state index contributed by atoms with van der Waals surface area (Å²) in [6.45, 7) is 1.94. The molecule has 0 unspecified atom stereocenters. The molecular formula is C17H19N3O3S. The second kappa shape index (κ2) is 5.92. The molecule has 1 N–H and O–H groups in total.